The van der Waals surface area contributed by atoms with Crippen LogP contribution in [0.1, 0.15) is 35.7 Å². The number of nitrogens with zero attached hydrogens (tertiary/aromatic N) is 1. The SMILES string of the molecule is COc1ccc(O)c(C(=O)OC(C)C(=O)N2CCC(Cc3ccccc3)CC2)c1. The molecule has 1 aliphatic heterocycles. The van der Waals surface area contributed by atoms with Gasteiger partial charge in [0.1, 0.15) is 17.1 Å². The van der Waals surface area contributed by atoms with Crippen molar-refractivity contribution in [2.45, 2.75) is 32.3 Å². The molecule has 1 atom stereocenters. The molecule has 0 aliphatic carbocycles. The Morgan fingerprint density at radius 2 is 1.83 bits per heavy atom. The van der Waals surface area contributed by atoms with E-state index in [0.29, 0.717) is 24.8 Å². The Bertz CT molecular complexity index is 844. The van der Waals surface area contributed by atoms with Crippen LogP contribution in [0, 0.1) is 5.92 Å². The van der Waals surface area contributed by atoms with E-state index in [4.69, 9.17) is 9.47 Å². The number of amides is 1. The van der Waals surface area contributed by atoms with Crippen LogP contribution < -0.4 is 4.74 Å². The Hall–Kier alpha value is -3.02. The number of hydrogen-bond acceptors (Lipinski definition) is 5. The number of ether oxygens (including phenoxy) is 2. The Morgan fingerprint density at radius 3 is 2.48 bits per heavy atom. The second-order valence-corrected chi connectivity index (χ2v) is 7.39. The summed E-state index contributed by atoms with van der Waals surface area (Å²) in [6, 6.07) is 14.7. The number of piperidine rings is 1. The van der Waals surface area contributed by atoms with Gasteiger partial charge in [0.15, 0.2) is 6.10 Å². The number of esters is 1. The molecule has 154 valence electrons. The van der Waals surface area contributed by atoms with Gasteiger partial charge in [0.05, 0.1) is 7.11 Å². The monoisotopic (exact) mass is 397 g/mol. The van der Waals surface area contributed by atoms with Crippen molar-refractivity contribution in [3.63, 3.8) is 0 Å². The number of hydrogen-bond donors (Lipinski definition) is 1. The summed E-state index contributed by atoms with van der Waals surface area (Å²) in [5.41, 5.74) is 1.29. The minimum atomic E-state index is -0.918. The van der Waals surface area contributed by atoms with Gasteiger partial charge in [0, 0.05) is 13.1 Å². The molecular formula is C23H27NO5. The molecule has 1 saturated heterocycles. The van der Waals surface area contributed by atoms with Gasteiger partial charge in [-0.05, 0) is 55.9 Å². The third kappa shape index (κ3) is 5.28. The number of rotatable bonds is 6. The van der Waals surface area contributed by atoms with Crippen molar-refractivity contribution in [2.75, 3.05) is 20.2 Å². The second-order valence-electron chi connectivity index (χ2n) is 7.39. The van der Waals surface area contributed by atoms with Gasteiger partial charge in [-0.1, -0.05) is 30.3 Å². The summed E-state index contributed by atoms with van der Waals surface area (Å²) in [5.74, 6) is -0.195. The molecule has 1 heterocycles. The first-order valence-electron chi connectivity index (χ1n) is 9.88. The minimum absolute atomic E-state index is 0.0226. The number of aromatic hydroxyl groups is 1. The van der Waals surface area contributed by atoms with E-state index < -0.39 is 12.1 Å². The smallest absolute Gasteiger partial charge is 0.342 e. The standard InChI is InChI=1S/C23H27NO5/c1-16(29-23(27)20-15-19(28-2)8-9-21(20)25)22(26)24-12-10-18(11-13-24)14-17-6-4-3-5-7-17/h3-9,15-16,18,25H,10-14H2,1-2H3. The van der Waals surface area contributed by atoms with E-state index in [2.05, 4.69) is 12.1 Å². The average Bonchev–Trinajstić information content (AvgIpc) is 2.74. The molecule has 6 heteroatoms. The number of phenolic OH excluding ortho intramolecular Hbond substituents is 1. The van der Waals surface area contributed by atoms with Crippen LogP contribution in [0.3, 0.4) is 0 Å². The average molecular weight is 397 g/mol. The molecule has 0 bridgehead atoms. The molecule has 1 amide bonds. The van der Waals surface area contributed by atoms with Gasteiger partial charge in [0.25, 0.3) is 5.91 Å². The molecule has 2 aromatic carbocycles. The zero-order valence-corrected chi connectivity index (χ0v) is 16.8. The highest BCUT2D eigenvalue weighted by Gasteiger charge is 2.29. The summed E-state index contributed by atoms with van der Waals surface area (Å²) in [6.07, 6.45) is 1.96. The first-order chi connectivity index (χ1) is 14.0. The van der Waals surface area contributed by atoms with E-state index in [0.717, 1.165) is 19.3 Å². The van der Waals surface area contributed by atoms with Crippen molar-refractivity contribution in [3.05, 3.63) is 59.7 Å². The Kier molecular flexibility index (Phi) is 6.75. The van der Waals surface area contributed by atoms with Crippen LogP contribution >= 0.6 is 0 Å². The van der Waals surface area contributed by atoms with Crippen LogP contribution in [0.25, 0.3) is 0 Å². The molecule has 1 N–H and O–H groups in total. The molecule has 0 spiro atoms. The van der Waals surface area contributed by atoms with Gasteiger partial charge in [-0.25, -0.2) is 4.79 Å². The maximum Gasteiger partial charge on any atom is 0.342 e. The molecule has 29 heavy (non-hydrogen) atoms. The molecular weight excluding hydrogens is 370 g/mol. The number of benzene rings is 2. The van der Waals surface area contributed by atoms with Gasteiger partial charge in [-0.15, -0.1) is 0 Å². The fraction of sp³-hybridized carbons (Fsp3) is 0.391. The summed E-state index contributed by atoms with van der Waals surface area (Å²) < 4.78 is 10.4. The Morgan fingerprint density at radius 1 is 1.14 bits per heavy atom. The van der Waals surface area contributed by atoms with E-state index in [1.165, 1.54) is 24.8 Å². The predicted octanol–water partition coefficient (Wildman–Crippen LogP) is 3.43. The highest BCUT2D eigenvalue weighted by atomic mass is 16.5. The summed E-state index contributed by atoms with van der Waals surface area (Å²) in [5, 5.41) is 9.90. The maximum absolute atomic E-state index is 12.7. The molecule has 1 fully saturated rings. The van der Waals surface area contributed by atoms with E-state index >= 15 is 0 Å². The van der Waals surface area contributed by atoms with Crippen molar-refractivity contribution in [2.24, 2.45) is 5.92 Å². The lowest BCUT2D eigenvalue weighted by Gasteiger charge is -2.33. The lowest BCUT2D eigenvalue weighted by molar-refractivity contribution is -0.141. The van der Waals surface area contributed by atoms with Crippen LogP contribution in [0.4, 0.5) is 0 Å². The van der Waals surface area contributed by atoms with E-state index in [1.54, 1.807) is 17.9 Å². The second kappa shape index (κ2) is 9.45. The molecule has 2 aromatic rings. The van der Waals surface area contributed by atoms with E-state index in [1.807, 2.05) is 18.2 Å². The van der Waals surface area contributed by atoms with E-state index in [9.17, 15) is 14.7 Å². The zero-order valence-electron chi connectivity index (χ0n) is 16.8. The van der Waals surface area contributed by atoms with Crippen molar-refractivity contribution >= 4 is 11.9 Å². The molecule has 0 saturated carbocycles. The van der Waals surface area contributed by atoms with Gasteiger partial charge in [0.2, 0.25) is 0 Å². The third-order valence-electron chi connectivity index (χ3n) is 5.35. The summed E-state index contributed by atoms with van der Waals surface area (Å²) >= 11 is 0. The predicted molar refractivity (Wildman–Crippen MR) is 109 cm³/mol. The maximum atomic E-state index is 12.7. The lowest BCUT2D eigenvalue weighted by atomic mass is 9.90. The Labute approximate surface area is 171 Å². The first-order valence-corrected chi connectivity index (χ1v) is 9.88. The summed E-state index contributed by atoms with van der Waals surface area (Å²) in [7, 11) is 1.47. The largest absolute Gasteiger partial charge is 0.507 e. The normalized spacial score (nSPS) is 15.6. The minimum Gasteiger partial charge on any atom is -0.507 e. The van der Waals surface area contributed by atoms with Crippen LogP contribution in [0.15, 0.2) is 48.5 Å². The van der Waals surface area contributed by atoms with Crippen molar-refractivity contribution in [1.82, 2.24) is 4.90 Å². The van der Waals surface area contributed by atoms with Gasteiger partial charge in [-0.3, -0.25) is 4.79 Å². The van der Waals surface area contributed by atoms with Gasteiger partial charge in [-0.2, -0.15) is 0 Å². The number of phenols is 1. The highest BCUT2D eigenvalue weighted by Crippen LogP contribution is 2.25. The van der Waals surface area contributed by atoms with Crippen LogP contribution in [0.5, 0.6) is 11.5 Å². The zero-order chi connectivity index (χ0) is 20.8. The topological polar surface area (TPSA) is 76.1 Å². The van der Waals surface area contributed by atoms with Crippen LogP contribution in [-0.2, 0) is 16.0 Å². The number of carbonyl (C=O) groups is 2. The molecule has 6 nitrogen and oxygen atoms in total. The van der Waals surface area contributed by atoms with Crippen LogP contribution in [-0.4, -0.2) is 48.2 Å². The molecule has 0 aromatic heterocycles. The highest BCUT2D eigenvalue weighted by molar-refractivity contribution is 5.95. The molecule has 0 radical (unpaired) electrons. The molecule has 3 rings (SSSR count). The summed E-state index contributed by atoms with van der Waals surface area (Å²) in [6.45, 7) is 2.87. The molecule has 1 unspecified atom stereocenters. The fourth-order valence-electron chi connectivity index (χ4n) is 3.64. The van der Waals surface area contributed by atoms with Crippen molar-refractivity contribution in [1.29, 1.82) is 0 Å². The fourth-order valence-corrected chi connectivity index (χ4v) is 3.64. The first kappa shape index (κ1) is 20.7. The van der Waals surface area contributed by atoms with Crippen LogP contribution in [0.2, 0.25) is 0 Å². The van der Waals surface area contributed by atoms with Gasteiger partial charge < -0.3 is 19.5 Å². The quantitative estimate of drug-likeness (QED) is 0.756. The molecule has 1 aliphatic rings. The van der Waals surface area contributed by atoms with Crippen molar-refractivity contribution < 1.29 is 24.2 Å². The Balaban J connectivity index is 1.52. The number of likely N-dealkylation sites (tertiary alicyclic amines) is 1. The van der Waals surface area contributed by atoms with Gasteiger partial charge >= 0.3 is 5.97 Å². The summed E-state index contributed by atoms with van der Waals surface area (Å²) in [4.78, 5) is 26.8. The van der Waals surface area contributed by atoms with E-state index in [-0.39, 0.29) is 17.2 Å². The number of carbonyl (C=O) groups excluding carboxylic acids is 2. The van der Waals surface area contributed by atoms with Crippen molar-refractivity contribution in [3.8, 4) is 11.5 Å². The third-order valence-corrected chi connectivity index (χ3v) is 5.35. The lowest BCUT2D eigenvalue weighted by Crippen LogP contribution is -2.44. The number of methoxy groups -OCH3 is 1.